The van der Waals surface area contributed by atoms with E-state index in [0.717, 1.165) is 6.08 Å². The normalized spacial score (nSPS) is 10.8. The molecule has 0 saturated heterocycles. The van der Waals surface area contributed by atoms with Crippen molar-refractivity contribution in [2.45, 2.75) is 6.92 Å². The molecule has 0 aliphatic rings. The fourth-order valence-corrected chi connectivity index (χ4v) is 1.21. The number of benzene rings is 1. The lowest BCUT2D eigenvalue weighted by Gasteiger charge is -2.01. The minimum Gasteiger partial charge on any atom is -0.478 e. The number of hydrogen-bond acceptors (Lipinski definition) is 1. The fraction of sp³-hybridized carbons (Fsp3) is 0.100. The van der Waals surface area contributed by atoms with E-state index in [9.17, 15) is 9.18 Å². The maximum Gasteiger partial charge on any atom is 0.328 e. The van der Waals surface area contributed by atoms with Gasteiger partial charge in [0.25, 0.3) is 0 Å². The summed E-state index contributed by atoms with van der Waals surface area (Å²) in [5.41, 5.74) is 1.06. The minimum atomic E-state index is -1.09. The Morgan fingerprint density at radius 1 is 1.57 bits per heavy atom. The first-order valence-corrected chi connectivity index (χ1v) is 4.25. The van der Waals surface area contributed by atoms with E-state index in [0.29, 0.717) is 11.1 Å². The summed E-state index contributed by atoms with van der Waals surface area (Å²) in [5.74, 6) is -1.64. The zero-order valence-corrected chi connectivity index (χ0v) is 8.18. The highest BCUT2D eigenvalue weighted by Gasteiger charge is 2.04. The largest absolute Gasteiger partial charge is 0.478 e. The molecular weight excluding hydrogens is 207 g/mol. The first-order chi connectivity index (χ1) is 6.50. The Kier molecular flexibility index (Phi) is 3.25. The maximum absolute atomic E-state index is 13.1. The van der Waals surface area contributed by atoms with Crippen LogP contribution in [0.4, 0.5) is 4.39 Å². The minimum absolute atomic E-state index is 0.0619. The van der Waals surface area contributed by atoms with Gasteiger partial charge in [-0.2, -0.15) is 0 Å². The number of aliphatic carboxylic acids is 1. The smallest absolute Gasteiger partial charge is 0.328 e. The Hall–Kier alpha value is -1.35. The van der Waals surface area contributed by atoms with Gasteiger partial charge in [-0.3, -0.25) is 0 Å². The monoisotopic (exact) mass is 214 g/mol. The van der Waals surface area contributed by atoms with Crippen LogP contribution in [0, 0.1) is 12.7 Å². The number of halogens is 2. The van der Waals surface area contributed by atoms with E-state index in [1.54, 1.807) is 13.0 Å². The van der Waals surface area contributed by atoms with Crippen LogP contribution in [0.2, 0.25) is 5.02 Å². The topological polar surface area (TPSA) is 37.3 Å². The molecule has 0 heterocycles. The molecule has 0 amide bonds. The van der Waals surface area contributed by atoms with Crippen LogP contribution in [-0.4, -0.2) is 11.1 Å². The molecule has 4 heteroatoms. The lowest BCUT2D eigenvalue weighted by Crippen LogP contribution is -1.88. The molecule has 14 heavy (non-hydrogen) atoms. The van der Waals surface area contributed by atoms with Gasteiger partial charge in [-0.05, 0) is 30.2 Å². The maximum atomic E-state index is 13.1. The molecule has 0 fully saturated rings. The SMILES string of the molecule is Cc1cc(F)c(Cl)c(/C=C/C(=O)O)c1. The van der Waals surface area contributed by atoms with Crippen molar-refractivity contribution in [3.05, 3.63) is 40.2 Å². The highest BCUT2D eigenvalue weighted by molar-refractivity contribution is 6.32. The average Bonchev–Trinajstić information content (AvgIpc) is 2.08. The molecule has 0 bridgehead atoms. The van der Waals surface area contributed by atoms with Gasteiger partial charge in [0.05, 0.1) is 5.02 Å². The Morgan fingerprint density at radius 3 is 2.79 bits per heavy atom. The third-order valence-electron chi connectivity index (χ3n) is 1.61. The van der Waals surface area contributed by atoms with Crippen molar-refractivity contribution in [1.29, 1.82) is 0 Å². The number of carboxylic acids is 1. The molecule has 0 spiro atoms. The molecule has 0 aliphatic heterocycles. The zero-order chi connectivity index (χ0) is 10.7. The number of rotatable bonds is 2. The van der Waals surface area contributed by atoms with Crippen LogP contribution in [0.25, 0.3) is 6.08 Å². The molecule has 1 aromatic rings. The van der Waals surface area contributed by atoms with E-state index in [1.807, 2.05) is 0 Å². The predicted octanol–water partition coefficient (Wildman–Crippen LogP) is 2.89. The van der Waals surface area contributed by atoms with Crippen molar-refractivity contribution >= 4 is 23.6 Å². The summed E-state index contributed by atoms with van der Waals surface area (Å²) in [7, 11) is 0. The van der Waals surface area contributed by atoms with Gasteiger partial charge >= 0.3 is 5.97 Å². The third-order valence-corrected chi connectivity index (χ3v) is 2.00. The first kappa shape index (κ1) is 10.7. The van der Waals surface area contributed by atoms with Crippen LogP contribution < -0.4 is 0 Å². The molecule has 2 nitrogen and oxygen atoms in total. The van der Waals surface area contributed by atoms with E-state index in [4.69, 9.17) is 16.7 Å². The van der Waals surface area contributed by atoms with Crippen LogP contribution in [-0.2, 0) is 4.79 Å². The summed E-state index contributed by atoms with van der Waals surface area (Å²) in [5, 5.41) is 8.32. The molecule has 1 rings (SSSR count). The number of carbonyl (C=O) groups is 1. The molecule has 1 aromatic carbocycles. The molecule has 0 saturated carbocycles. The van der Waals surface area contributed by atoms with Gasteiger partial charge in [0, 0.05) is 6.08 Å². The van der Waals surface area contributed by atoms with Crippen LogP contribution in [0.5, 0.6) is 0 Å². The Bertz CT molecular complexity index is 399. The molecule has 0 aliphatic carbocycles. The van der Waals surface area contributed by atoms with Gasteiger partial charge < -0.3 is 5.11 Å². The van der Waals surface area contributed by atoms with Crippen LogP contribution >= 0.6 is 11.6 Å². The molecular formula is C10H8ClFO2. The van der Waals surface area contributed by atoms with Gasteiger partial charge in [-0.15, -0.1) is 0 Å². The highest BCUT2D eigenvalue weighted by Crippen LogP contribution is 2.22. The van der Waals surface area contributed by atoms with Gasteiger partial charge in [0.15, 0.2) is 0 Å². The van der Waals surface area contributed by atoms with E-state index in [1.165, 1.54) is 12.1 Å². The van der Waals surface area contributed by atoms with Crippen molar-refractivity contribution in [3.63, 3.8) is 0 Å². The van der Waals surface area contributed by atoms with Crippen LogP contribution in [0.3, 0.4) is 0 Å². The van der Waals surface area contributed by atoms with E-state index in [2.05, 4.69) is 0 Å². The van der Waals surface area contributed by atoms with Crippen molar-refractivity contribution in [2.75, 3.05) is 0 Å². The van der Waals surface area contributed by atoms with E-state index in [-0.39, 0.29) is 5.02 Å². The van der Waals surface area contributed by atoms with Crippen molar-refractivity contribution in [2.24, 2.45) is 0 Å². The zero-order valence-electron chi connectivity index (χ0n) is 7.42. The average molecular weight is 215 g/mol. The number of carboxylic acid groups (broad SMARTS) is 1. The second-order valence-corrected chi connectivity index (χ2v) is 3.20. The van der Waals surface area contributed by atoms with Crippen molar-refractivity contribution < 1.29 is 14.3 Å². The van der Waals surface area contributed by atoms with Gasteiger partial charge in [0.2, 0.25) is 0 Å². The molecule has 1 N–H and O–H groups in total. The summed E-state index contributed by atoms with van der Waals surface area (Å²) in [6, 6.07) is 2.91. The summed E-state index contributed by atoms with van der Waals surface area (Å²) in [4.78, 5) is 10.2. The summed E-state index contributed by atoms with van der Waals surface area (Å²) in [6.07, 6.45) is 2.18. The van der Waals surface area contributed by atoms with Crippen molar-refractivity contribution in [3.8, 4) is 0 Å². The van der Waals surface area contributed by atoms with E-state index >= 15 is 0 Å². The Labute approximate surface area is 85.6 Å². The van der Waals surface area contributed by atoms with Crippen molar-refractivity contribution in [1.82, 2.24) is 0 Å². The summed E-state index contributed by atoms with van der Waals surface area (Å²) >= 11 is 5.63. The quantitative estimate of drug-likeness (QED) is 0.769. The first-order valence-electron chi connectivity index (χ1n) is 3.87. The lowest BCUT2D eigenvalue weighted by molar-refractivity contribution is -0.131. The molecule has 0 atom stereocenters. The molecule has 0 aromatic heterocycles. The fourth-order valence-electron chi connectivity index (χ4n) is 1.03. The molecule has 0 radical (unpaired) electrons. The lowest BCUT2D eigenvalue weighted by atomic mass is 10.1. The van der Waals surface area contributed by atoms with Crippen LogP contribution in [0.15, 0.2) is 18.2 Å². The Morgan fingerprint density at radius 2 is 2.21 bits per heavy atom. The number of aryl methyl sites for hydroxylation is 1. The molecule has 0 unspecified atom stereocenters. The van der Waals surface area contributed by atoms with Gasteiger partial charge in [-0.25, -0.2) is 9.18 Å². The summed E-state index contributed by atoms with van der Waals surface area (Å²) in [6.45, 7) is 1.71. The molecule has 74 valence electrons. The highest BCUT2D eigenvalue weighted by atomic mass is 35.5. The van der Waals surface area contributed by atoms with Gasteiger partial charge in [0.1, 0.15) is 5.82 Å². The predicted molar refractivity (Wildman–Crippen MR) is 52.8 cm³/mol. The standard InChI is InChI=1S/C10H8ClFO2/c1-6-4-7(2-3-9(13)14)10(11)8(12)5-6/h2-5H,1H3,(H,13,14)/b3-2+. The second-order valence-electron chi connectivity index (χ2n) is 2.82. The van der Waals surface area contributed by atoms with Crippen LogP contribution in [0.1, 0.15) is 11.1 Å². The summed E-state index contributed by atoms with van der Waals surface area (Å²) < 4.78 is 13.1. The third kappa shape index (κ3) is 2.57. The van der Waals surface area contributed by atoms with E-state index < -0.39 is 11.8 Å². The second kappa shape index (κ2) is 4.24. The van der Waals surface area contributed by atoms with Gasteiger partial charge in [-0.1, -0.05) is 17.7 Å². The Balaban J connectivity index is 3.14. The number of hydrogen-bond donors (Lipinski definition) is 1.